The van der Waals surface area contributed by atoms with Gasteiger partial charge >= 0.3 is 5.97 Å². The van der Waals surface area contributed by atoms with Gasteiger partial charge in [-0.25, -0.2) is 0 Å². The molecule has 3 aliphatic heterocycles. The Morgan fingerprint density at radius 3 is 2.70 bits per heavy atom. The second kappa shape index (κ2) is 11.2. The lowest BCUT2D eigenvalue weighted by Gasteiger charge is -2.46. The van der Waals surface area contributed by atoms with Gasteiger partial charge in [0, 0.05) is 23.0 Å². The number of aromatic nitrogens is 1. The van der Waals surface area contributed by atoms with Gasteiger partial charge in [-0.3, -0.25) is 14.4 Å². The SMILES string of the molecule is CCCCCCCCOC(=O)CN1CC(=O)N2[C@H](c3ccc4c(c3)OCO4)c3[nH]c4ccccc4c3C[C@@H]2C1=O. The molecule has 9 nitrogen and oxygen atoms in total. The fraction of sp³-hybridized carbons (Fsp3) is 0.452. The number of hydrogen-bond donors (Lipinski definition) is 1. The van der Waals surface area contributed by atoms with E-state index in [0.717, 1.165) is 47.0 Å². The third kappa shape index (κ3) is 4.89. The second-order valence-electron chi connectivity index (χ2n) is 10.8. The summed E-state index contributed by atoms with van der Waals surface area (Å²) < 4.78 is 16.5. The number of nitrogens with zero attached hydrogens (tertiary/aromatic N) is 2. The number of nitrogens with one attached hydrogen (secondary N) is 1. The van der Waals surface area contributed by atoms with Gasteiger partial charge in [-0.2, -0.15) is 0 Å². The van der Waals surface area contributed by atoms with Crippen LogP contribution in [0.15, 0.2) is 42.5 Å². The topological polar surface area (TPSA) is 101 Å². The molecular weight excluding hydrogens is 510 g/mol. The van der Waals surface area contributed by atoms with E-state index in [2.05, 4.69) is 11.9 Å². The van der Waals surface area contributed by atoms with Gasteiger partial charge in [0.25, 0.3) is 0 Å². The van der Waals surface area contributed by atoms with Crippen LogP contribution in [0.3, 0.4) is 0 Å². The van der Waals surface area contributed by atoms with Crippen LogP contribution in [-0.4, -0.2) is 65.1 Å². The van der Waals surface area contributed by atoms with Crippen LogP contribution >= 0.6 is 0 Å². The van der Waals surface area contributed by atoms with Crippen LogP contribution in [-0.2, 0) is 25.5 Å². The molecule has 0 unspecified atom stereocenters. The summed E-state index contributed by atoms with van der Waals surface area (Å²) in [6.45, 7) is 2.27. The lowest BCUT2D eigenvalue weighted by Crippen LogP contribution is -2.63. The highest BCUT2D eigenvalue weighted by Crippen LogP contribution is 2.44. The zero-order valence-corrected chi connectivity index (χ0v) is 22.8. The Morgan fingerprint density at radius 1 is 1.02 bits per heavy atom. The van der Waals surface area contributed by atoms with Crippen molar-refractivity contribution in [1.82, 2.24) is 14.8 Å². The van der Waals surface area contributed by atoms with Crippen LogP contribution < -0.4 is 9.47 Å². The predicted molar refractivity (Wildman–Crippen MR) is 148 cm³/mol. The summed E-state index contributed by atoms with van der Waals surface area (Å²) in [5, 5.41) is 1.03. The van der Waals surface area contributed by atoms with Crippen LogP contribution in [0.5, 0.6) is 11.5 Å². The summed E-state index contributed by atoms with van der Waals surface area (Å²) >= 11 is 0. The molecule has 1 fully saturated rings. The van der Waals surface area contributed by atoms with Crippen molar-refractivity contribution in [3.05, 3.63) is 59.3 Å². The van der Waals surface area contributed by atoms with Gasteiger partial charge in [0.15, 0.2) is 11.5 Å². The molecule has 1 aromatic heterocycles. The highest BCUT2D eigenvalue weighted by molar-refractivity contribution is 5.99. The average Bonchev–Trinajstić information content (AvgIpc) is 3.58. The average molecular weight is 546 g/mol. The number of para-hydroxylation sites is 1. The molecule has 3 aromatic rings. The van der Waals surface area contributed by atoms with Crippen LogP contribution in [0.4, 0.5) is 0 Å². The minimum absolute atomic E-state index is 0.148. The quantitative estimate of drug-likeness (QED) is 0.298. The molecule has 9 heteroatoms. The number of unbranched alkanes of at least 4 members (excludes halogenated alkanes) is 5. The fourth-order valence-corrected chi connectivity index (χ4v) is 6.16. The second-order valence-corrected chi connectivity index (χ2v) is 10.8. The van der Waals surface area contributed by atoms with Crippen molar-refractivity contribution in [2.24, 2.45) is 0 Å². The van der Waals surface area contributed by atoms with Crippen LogP contribution in [0.2, 0.25) is 0 Å². The highest BCUT2D eigenvalue weighted by Gasteiger charge is 2.48. The Hall–Kier alpha value is -4.01. The van der Waals surface area contributed by atoms with Crippen LogP contribution in [0, 0.1) is 0 Å². The van der Waals surface area contributed by atoms with Crippen molar-refractivity contribution >= 4 is 28.7 Å². The summed E-state index contributed by atoms with van der Waals surface area (Å²) in [7, 11) is 0. The number of piperazine rings is 1. The molecule has 0 aliphatic carbocycles. The number of carbonyl (C=O) groups excluding carboxylic acids is 3. The van der Waals surface area contributed by atoms with Crippen molar-refractivity contribution in [2.75, 3.05) is 26.5 Å². The molecule has 1 N–H and O–H groups in total. The number of rotatable bonds is 10. The first-order valence-corrected chi connectivity index (χ1v) is 14.3. The Morgan fingerprint density at radius 2 is 1.82 bits per heavy atom. The van der Waals surface area contributed by atoms with E-state index in [4.69, 9.17) is 14.2 Å². The molecule has 0 saturated carbocycles. The van der Waals surface area contributed by atoms with Gasteiger partial charge in [0.1, 0.15) is 19.1 Å². The van der Waals surface area contributed by atoms with E-state index in [1.54, 1.807) is 4.90 Å². The Balaban J connectivity index is 1.23. The van der Waals surface area contributed by atoms with Gasteiger partial charge in [0.05, 0.1) is 12.6 Å². The van der Waals surface area contributed by atoms with Crippen LogP contribution in [0.1, 0.15) is 68.3 Å². The monoisotopic (exact) mass is 545 g/mol. The molecule has 3 aliphatic rings. The fourth-order valence-electron chi connectivity index (χ4n) is 6.16. The molecular formula is C31H35N3O6. The molecule has 6 rings (SSSR count). The van der Waals surface area contributed by atoms with E-state index in [9.17, 15) is 14.4 Å². The first-order chi connectivity index (χ1) is 19.5. The minimum atomic E-state index is -0.727. The molecule has 40 heavy (non-hydrogen) atoms. The van der Waals surface area contributed by atoms with Gasteiger partial charge in [-0.1, -0.05) is 63.3 Å². The Labute approximate surface area is 233 Å². The van der Waals surface area contributed by atoms with Crippen molar-refractivity contribution in [3.8, 4) is 11.5 Å². The third-order valence-corrected chi connectivity index (χ3v) is 8.14. The first-order valence-electron chi connectivity index (χ1n) is 14.3. The zero-order chi connectivity index (χ0) is 27.6. The predicted octanol–water partition coefficient (Wildman–Crippen LogP) is 4.49. The summed E-state index contributed by atoms with van der Waals surface area (Å²) in [4.78, 5) is 46.7. The lowest BCUT2D eigenvalue weighted by atomic mass is 9.86. The molecule has 210 valence electrons. The van der Waals surface area contributed by atoms with Gasteiger partial charge < -0.3 is 29.0 Å². The standard InChI is InChI=1S/C31H35N3O6/c1-2-3-4-5-6-9-14-38-28(36)18-33-17-27(35)34-24(31(33)37)16-22-21-10-7-8-11-23(21)32-29(22)30(34)20-12-13-25-26(15-20)40-19-39-25/h7-8,10-13,15,24,30,32H,2-6,9,14,16-19H2,1H3/t24-,30-/m1/s1. The van der Waals surface area contributed by atoms with Gasteiger partial charge in [0.2, 0.25) is 18.6 Å². The van der Waals surface area contributed by atoms with Gasteiger partial charge in [-0.05, 0) is 35.7 Å². The van der Waals surface area contributed by atoms with E-state index in [-0.39, 0.29) is 31.7 Å². The molecule has 0 bridgehead atoms. The maximum atomic E-state index is 13.8. The third-order valence-electron chi connectivity index (χ3n) is 8.14. The molecule has 0 radical (unpaired) electrons. The van der Waals surface area contributed by atoms with E-state index in [1.165, 1.54) is 24.2 Å². The number of fused-ring (bicyclic) bond motifs is 5. The molecule has 1 saturated heterocycles. The van der Waals surface area contributed by atoms with Crippen molar-refractivity contribution < 1.29 is 28.6 Å². The first kappa shape index (κ1) is 26.2. The van der Waals surface area contributed by atoms with Gasteiger partial charge in [-0.15, -0.1) is 0 Å². The molecule has 2 amide bonds. The number of benzene rings is 2. The number of amides is 2. The number of ether oxygens (including phenoxy) is 3. The van der Waals surface area contributed by atoms with E-state index in [0.29, 0.717) is 24.5 Å². The largest absolute Gasteiger partial charge is 0.464 e. The summed E-state index contributed by atoms with van der Waals surface area (Å²) in [5.41, 5.74) is 3.68. The molecule has 2 atom stereocenters. The number of hydrogen-bond acceptors (Lipinski definition) is 6. The van der Waals surface area contributed by atoms with Crippen molar-refractivity contribution in [2.45, 2.75) is 64.0 Å². The Kier molecular flexibility index (Phi) is 7.36. The van der Waals surface area contributed by atoms with Crippen LogP contribution in [0.25, 0.3) is 10.9 Å². The normalized spacial score (nSPS) is 19.6. The molecule has 2 aromatic carbocycles. The van der Waals surface area contributed by atoms with E-state index < -0.39 is 18.1 Å². The van der Waals surface area contributed by atoms with Crippen molar-refractivity contribution in [3.63, 3.8) is 0 Å². The smallest absolute Gasteiger partial charge is 0.325 e. The van der Waals surface area contributed by atoms with E-state index >= 15 is 0 Å². The lowest BCUT2D eigenvalue weighted by molar-refractivity contribution is -0.162. The summed E-state index contributed by atoms with van der Waals surface area (Å²) in [6, 6.07) is 12.4. The molecule has 0 spiro atoms. The van der Waals surface area contributed by atoms with E-state index in [1.807, 2.05) is 42.5 Å². The number of carbonyl (C=O) groups is 3. The zero-order valence-electron chi connectivity index (χ0n) is 22.8. The summed E-state index contributed by atoms with van der Waals surface area (Å²) in [5.74, 6) is 0.347. The maximum absolute atomic E-state index is 13.8. The summed E-state index contributed by atoms with van der Waals surface area (Å²) in [6.07, 6.45) is 6.92. The maximum Gasteiger partial charge on any atom is 0.325 e. The minimum Gasteiger partial charge on any atom is -0.464 e. The number of esters is 1. The molecule has 4 heterocycles. The number of H-pyrrole nitrogens is 1. The van der Waals surface area contributed by atoms with Crippen molar-refractivity contribution in [1.29, 1.82) is 0 Å². The Bertz CT molecular complexity index is 1430. The highest BCUT2D eigenvalue weighted by atomic mass is 16.7. The number of aromatic amines is 1.